The fourth-order valence-corrected chi connectivity index (χ4v) is 3.82. The van der Waals surface area contributed by atoms with Crippen LogP contribution >= 0.6 is 12.4 Å². The van der Waals surface area contributed by atoms with Crippen molar-refractivity contribution < 1.29 is 4.79 Å². The zero-order valence-corrected chi connectivity index (χ0v) is 18.1. The van der Waals surface area contributed by atoms with Crippen molar-refractivity contribution in [3.8, 4) is 0 Å². The predicted octanol–water partition coefficient (Wildman–Crippen LogP) is 3.33. The van der Waals surface area contributed by atoms with Gasteiger partial charge in [0.1, 0.15) is 0 Å². The van der Waals surface area contributed by atoms with Crippen LogP contribution in [0.15, 0.2) is 24.3 Å². The van der Waals surface area contributed by atoms with Gasteiger partial charge in [-0.2, -0.15) is 0 Å². The molecule has 154 valence electrons. The summed E-state index contributed by atoms with van der Waals surface area (Å²) in [5.41, 5.74) is 3.87. The Balaban J connectivity index is 0.00000280. The number of hydrogen-bond acceptors (Lipinski definition) is 4. The second-order valence-electron chi connectivity index (χ2n) is 7.62. The predicted molar refractivity (Wildman–Crippen MR) is 114 cm³/mol. The van der Waals surface area contributed by atoms with Gasteiger partial charge in [0.25, 0.3) is 5.91 Å². The van der Waals surface area contributed by atoms with Crippen molar-refractivity contribution in [3.05, 3.63) is 46.8 Å². The van der Waals surface area contributed by atoms with Crippen LogP contribution < -0.4 is 5.32 Å². The number of hydrogen-bond donors (Lipinski definition) is 1. The summed E-state index contributed by atoms with van der Waals surface area (Å²) in [7, 11) is 1.88. The molecule has 1 N–H and O–H groups in total. The molecule has 7 heteroatoms. The quantitative estimate of drug-likeness (QED) is 0.800. The number of rotatable bonds is 6. The van der Waals surface area contributed by atoms with Crippen LogP contribution in [0.5, 0.6) is 0 Å². The molecular formula is C21H32ClN5O. The van der Waals surface area contributed by atoms with Crippen molar-refractivity contribution in [2.75, 3.05) is 20.1 Å². The summed E-state index contributed by atoms with van der Waals surface area (Å²) in [5.74, 6) is -0.0355. The van der Waals surface area contributed by atoms with Crippen LogP contribution in [-0.4, -0.2) is 52.0 Å². The summed E-state index contributed by atoms with van der Waals surface area (Å²) >= 11 is 0. The molecule has 2 aromatic rings. The van der Waals surface area contributed by atoms with E-state index in [0.29, 0.717) is 11.7 Å². The van der Waals surface area contributed by atoms with Crippen molar-refractivity contribution >= 4 is 18.3 Å². The first-order chi connectivity index (χ1) is 13.0. The minimum Gasteiger partial charge on any atom is -0.337 e. The summed E-state index contributed by atoms with van der Waals surface area (Å²) in [6, 6.07) is 9.02. The second-order valence-corrected chi connectivity index (χ2v) is 7.62. The van der Waals surface area contributed by atoms with Crippen molar-refractivity contribution in [1.29, 1.82) is 0 Å². The van der Waals surface area contributed by atoms with Crippen LogP contribution in [0.1, 0.15) is 59.5 Å². The van der Waals surface area contributed by atoms with Crippen molar-refractivity contribution in [2.45, 2.75) is 58.5 Å². The summed E-state index contributed by atoms with van der Waals surface area (Å²) < 4.78 is 1.95. The Bertz CT molecular complexity index is 768. The zero-order valence-electron chi connectivity index (χ0n) is 17.3. The summed E-state index contributed by atoms with van der Waals surface area (Å²) in [5, 5.41) is 11.9. The maximum Gasteiger partial charge on any atom is 0.276 e. The first-order valence-electron chi connectivity index (χ1n) is 9.96. The Morgan fingerprint density at radius 3 is 2.50 bits per heavy atom. The van der Waals surface area contributed by atoms with E-state index >= 15 is 0 Å². The van der Waals surface area contributed by atoms with E-state index in [4.69, 9.17) is 0 Å². The van der Waals surface area contributed by atoms with E-state index < -0.39 is 0 Å². The average molecular weight is 406 g/mol. The van der Waals surface area contributed by atoms with Crippen LogP contribution in [0, 0.1) is 13.8 Å². The Morgan fingerprint density at radius 1 is 1.25 bits per heavy atom. The second kappa shape index (κ2) is 10.0. The van der Waals surface area contributed by atoms with Crippen molar-refractivity contribution in [3.63, 3.8) is 0 Å². The number of aryl methyl sites for hydroxylation is 1. The van der Waals surface area contributed by atoms with E-state index in [1.54, 1.807) is 0 Å². The molecule has 1 fully saturated rings. The maximum absolute atomic E-state index is 13.1. The standard InChI is InChI=1S/C21H31N5O.ClH/c1-5-18(14-17-8-6-15(2)7-9-17)25(4)21(27)20-16(3)26(24-23-20)19-10-12-22-13-11-19;/h6-9,18-19,22H,5,10-14H2,1-4H3;1H. The third-order valence-electron chi connectivity index (χ3n) is 5.72. The lowest BCUT2D eigenvalue weighted by Gasteiger charge is -2.27. The number of carbonyl (C=O) groups is 1. The number of piperidine rings is 1. The number of aromatic nitrogens is 3. The summed E-state index contributed by atoms with van der Waals surface area (Å²) in [6.45, 7) is 8.15. The highest BCUT2D eigenvalue weighted by molar-refractivity contribution is 5.93. The van der Waals surface area contributed by atoms with Crippen molar-refractivity contribution in [1.82, 2.24) is 25.2 Å². The largest absolute Gasteiger partial charge is 0.337 e. The number of halogens is 1. The van der Waals surface area contributed by atoms with Gasteiger partial charge < -0.3 is 10.2 Å². The molecule has 1 aliphatic heterocycles. The molecule has 1 amide bonds. The van der Waals surface area contributed by atoms with E-state index in [-0.39, 0.29) is 24.4 Å². The van der Waals surface area contributed by atoms with Gasteiger partial charge in [-0.15, -0.1) is 17.5 Å². The zero-order chi connectivity index (χ0) is 19.4. The lowest BCUT2D eigenvalue weighted by Crippen LogP contribution is -2.38. The summed E-state index contributed by atoms with van der Waals surface area (Å²) in [4.78, 5) is 14.9. The normalized spacial score (nSPS) is 15.7. The molecule has 1 aliphatic rings. The van der Waals surface area contributed by atoms with E-state index in [9.17, 15) is 4.79 Å². The number of amides is 1. The Labute approximate surface area is 174 Å². The summed E-state index contributed by atoms with van der Waals surface area (Å²) in [6.07, 6.45) is 3.80. The molecule has 0 aliphatic carbocycles. The SMILES string of the molecule is CCC(Cc1ccc(C)cc1)N(C)C(=O)c1nnn(C2CCNCC2)c1C.Cl. The van der Waals surface area contributed by atoms with Crippen LogP contribution in [0.3, 0.4) is 0 Å². The molecule has 3 rings (SSSR count). The highest BCUT2D eigenvalue weighted by atomic mass is 35.5. The van der Waals surface area contributed by atoms with Crippen LogP contribution in [0.25, 0.3) is 0 Å². The lowest BCUT2D eigenvalue weighted by atomic mass is 10.0. The molecule has 1 unspecified atom stereocenters. The highest BCUT2D eigenvalue weighted by Crippen LogP contribution is 2.22. The average Bonchev–Trinajstić information content (AvgIpc) is 3.08. The molecule has 1 aromatic heterocycles. The molecule has 0 saturated carbocycles. The van der Waals surface area contributed by atoms with Crippen LogP contribution in [0.4, 0.5) is 0 Å². The molecule has 2 heterocycles. The molecule has 6 nitrogen and oxygen atoms in total. The third kappa shape index (κ3) is 4.92. The molecule has 0 radical (unpaired) electrons. The van der Waals surface area contributed by atoms with E-state index in [1.165, 1.54) is 11.1 Å². The number of nitrogens with one attached hydrogen (secondary N) is 1. The van der Waals surface area contributed by atoms with Gasteiger partial charge in [-0.1, -0.05) is 42.0 Å². The Morgan fingerprint density at radius 2 is 1.89 bits per heavy atom. The molecule has 1 aromatic carbocycles. The minimum atomic E-state index is -0.0355. The van der Waals surface area contributed by atoms with E-state index in [1.807, 2.05) is 23.6 Å². The van der Waals surface area contributed by atoms with Gasteiger partial charge in [0.2, 0.25) is 0 Å². The van der Waals surface area contributed by atoms with Crippen molar-refractivity contribution in [2.24, 2.45) is 0 Å². The van der Waals surface area contributed by atoms with Gasteiger partial charge >= 0.3 is 0 Å². The fourth-order valence-electron chi connectivity index (χ4n) is 3.82. The number of likely N-dealkylation sites (N-methyl/N-ethyl adjacent to an activating group) is 1. The molecular weight excluding hydrogens is 374 g/mol. The smallest absolute Gasteiger partial charge is 0.276 e. The molecule has 0 spiro atoms. The first kappa shape index (κ1) is 22.4. The number of nitrogens with zero attached hydrogens (tertiary/aromatic N) is 4. The van der Waals surface area contributed by atoms with E-state index in [2.05, 4.69) is 53.7 Å². The van der Waals surface area contributed by atoms with Gasteiger partial charge in [-0.3, -0.25) is 4.79 Å². The molecule has 0 bridgehead atoms. The van der Waals surface area contributed by atoms with Gasteiger partial charge in [-0.05, 0) is 58.2 Å². The molecule has 1 atom stereocenters. The lowest BCUT2D eigenvalue weighted by molar-refractivity contribution is 0.0720. The van der Waals surface area contributed by atoms with E-state index in [0.717, 1.165) is 44.5 Å². The van der Waals surface area contributed by atoms with Gasteiger partial charge in [-0.25, -0.2) is 4.68 Å². The topological polar surface area (TPSA) is 63.1 Å². The monoisotopic (exact) mass is 405 g/mol. The Hall–Kier alpha value is -1.92. The van der Waals surface area contributed by atoms with Crippen LogP contribution in [-0.2, 0) is 6.42 Å². The van der Waals surface area contributed by atoms with Gasteiger partial charge in [0.05, 0.1) is 11.7 Å². The molecule has 28 heavy (non-hydrogen) atoms. The number of benzene rings is 1. The fraction of sp³-hybridized carbons (Fsp3) is 0.571. The first-order valence-corrected chi connectivity index (χ1v) is 9.96. The number of carbonyl (C=O) groups excluding carboxylic acids is 1. The van der Waals surface area contributed by atoms with Gasteiger partial charge in [0.15, 0.2) is 5.69 Å². The third-order valence-corrected chi connectivity index (χ3v) is 5.72. The van der Waals surface area contributed by atoms with Crippen LogP contribution in [0.2, 0.25) is 0 Å². The van der Waals surface area contributed by atoms with Gasteiger partial charge in [0, 0.05) is 13.1 Å². The molecule has 1 saturated heterocycles. The highest BCUT2D eigenvalue weighted by Gasteiger charge is 2.27. The Kier molecular flexibility index (Phi) is 8.01. The maximum atomic E-state index is 13.1. The minimum absolute atomic E-state index is 0.